The molecule has 2 heterocycles. The molecule has 0 aliphatic carbocycles. The van der Waals surface area contributed by atoms with Gasteiger partial charge >= 0.3 is 5.97 Å². The Morgan fingerprint density at radius 1 is 1.32 bits per heavy atom. The van der Waals surface area contributed by atoms with E-state index in [1.54, 1.807) is 25.6 Å². The van der Waals surface area contributed by atoms with Crippen LogP contribution in [0, 0.1) is 6.92 Å². The molecular formula is C19H23NO4S. The number of rotatable bonds is 6. The summed E-state index contributed by atoms with van der Waals surface area (Å²) in [7, 11) is 3.27. The third-order valence-corrected chi connectivity index (χ3v) is 5.77. The van der Waals surface area contributed by atoms with Gasteiger partial charge in [-0.1, -0.05) is 0 Å². The van der Waals surface area contributed by atoms with Gasteiger partial charge in [0.2, 0.25) is 0 Å². The third kappa shape index (κ3) is 3.50. The summed E-state index contributed by atoms with van der Waals surface area (Å²) in [5, 5.41) is 11.8. The van der Waals surface area contributed by atoms with Gasteiger partial charge in [0, 0.05) is 17.0 Å². The number of carbonyl (C=O) groups is 1. The summed E-state index contributed by atoms with van der Waals surface area (Å²) in [5.41, 5.74) is 2.12. The van der Waals surface area contributed by atoms with Crippen molar-refractivity contribution in [2.24, 2.45) is 0 Å². The topological polar surface area (TPSA) is 59.0 Å². The standard InChI is InChI=1S/C19H23NO4S/c1-12-9-17(25-11-12)18(20-8-4-5-15(20)19(21)22)14-10-13(23-2)6-7-16(14)24-3/h6-7,9-11,15,18H,4-5,8H2,1-3H3,(H,21,22). The Morgan fingerprint density at radius 2 is 2.12 bits per heavy atom. The second-order valence-corrected chi connectivity index (χ2v) is 7.21. The van der Waals surface area contributed by atoms with Crippen molar-refractivity contribution in [3.63, 3.8) is 0 Å². The smallest absolute Gasteiger partial charge is 0.320 e. The number of nitrogens with zero attached hydrogens (tertiary/aromatic N) is 1. The van der Waals surface area contributed by atoms with Crippen molar-refractivity contribution in [3.05, 3.63) is 45.6 Å². The fraction of sp³-hybridized carbons (Fsp3) is 0.421. The van der Waals surface area contributed by atoms with Gasteiger partial charge in [0.1, 0.15) is 17.5 Å². The number of ether oxygens (including phenoxy) is 2. The molecule has 1 N–H and O–H groups in total. The highest BCUT2D eigenvalue weighted by atomic mass is 32.1. The first-order valence-electron chi connectivity index (χ1n) is 8.30. The molecule has 1 aromatic heterocycles. The van der Waals surface area contributed by atoms with E-state index in [9.17, 15) is 9.90 Å². The number of thiophene rings is 1. The van der Waals surface area contributed by atoms with Crippen LogP contribution in [-0.4, -0.2) is 42.8 Å². The zero-order valence-electron chi connectivity index (χ0n) is 14.7. The van der Waals surface area contributed by atoms with Crippen LogP contribution in [0.25, 0.3) is 0 Å². The Morgan fingerprint density at radius 3 is 2.72 bits per heavy atom. The minimum absolute atomic E-state index is 0.160. The van der Waals surface area contributed by atoms with Gasteiger partial charge in [-0.3, -0.25) is 9.69 Å². The fourth-order valence-corrected chi connectivity index (χ4v) is 4.54. The molecule has 1 aliphatic heterocycles. The summed E-state index contributed by atoms with van der Waals surface area (Å²) >= 11 is 1.65. The summed E-state index contributed by atoms with van der Waals surface area (Å²) in [5.74, 6) is 0.714. The van der Waals surface area contributed by atoms with Crippen molar-refractivity contribution in [2.75, 3.05) is 20.8 Å². The monoisotopic (exact) mass is 361 g/mol. The van der Waals surface area contributed by atoms with Crippen molar-refractivity contribution in [2.45, 2.75) is 31.8 Å². The molecule has 2 atom stereocenters. The van der Waals surface area contributed by atoms with E-state index in [-0.39, 0.29) is 6.04 Å². The molecule has 0 radical (unpaired) electrons. The highest BCUT2D eigenvalue weighted by molar-refractivity contribution is 7.10. The molecule has 1 aliphatic rings. The van der Waals surface area contributed by atoms with Crippen molar-refractivity contribution in [3.8, 4) is 11.5 Å². The maximum Gasteiger partial charge on any atom is 0.320 e. The molecule has 1 saturated heterocycles. The minimum atomic E-state index is -0.766. The number of carboxylic acids is 1. The SMILES string of the molecule is COc1ccc(OC)c(C(c2cc(C)cs2)N2CCCC2C(=O)O)c1. The lowest BCUT2D eigenvalue weighted by molar-refractivity contribution is -0.142. The average Bonchev–Trinajstić information content (AvgIpc) is 3.25. The lowest BCUT2D eigenvalue weighted by Crippen LogP contribution is -2.39. The summed E-state index contributed by atoms with van der Waals surface area (Å²) in [6.45, 7) is 2.80. The third-order valence-electron chi connectivity index (χ3n) is 4.66. The predicted octanol–water partition coefficient (Wildman–Crippen LogP) is 3.71. The van der Waals surface area contributed by atoms with Gasteiger partial charge in [-0.2, -0.15) is 0 Å². The van der Waals surface area contributed by atoms with Crippen LogP contribution >= 0.6 is 11.3 Å². The molecule has 5 nitrogen and oxygen atoms in total. The summed E-state index contributed by atoms with van der Waals surface area (Å²) in [4.78, 5) is 15.0. The number of carboxylic acid groups (broad SMARTS) is 1. The zero-order valence-corrected chi connectivity index (χ0v) is 15.5. The molecule has 1 aromatic carbocycles. The molecule has 0 bridgehead atoms. The summed E-state index contributed by atoms with van der Waals surface area (Å²) < 4.78 is 11.0. The van der Waals surface area contributed by atoms with E-state index >= 15 is 0 Å². The van der Waals surface area contributed by atoms with E-state index in [4.69, 9.17) is 9.47 Å². The Kier molecular flexibility index (Phi) is 5.30. The molecule has 1 fully saturated rings. The van der Waals surface area contributed by atoms with Crippen molar-refractivity contribution in [1.82, 2.24) is 4.90 Å². The maximum absolute atomic E-state index is 11.8. The van der Waals surface area contributed by atoms with Crippen LogP contribution in [0.4, 0.5) is 0 Å². The molecule has 0 spiro atoms. The number of aryl methyl sites for hydroxylation is 1. The predicted molar refractivity (Wildman–Crippen MR) is 97.8 cm³/mol. The van der Waals surface area contributed by atoms with Gasteiger partial charge in [-0.05, 0) is 55.0 Å². The van der Waals surface area contributed by atoms with Crippen LogP contribution in [0.5, 0.6) is 11.5 Å². The summed E-state index contributed by atoms with van der Waals surface area (Å²) in [6.07, 6.45) is 1.55. The van der Waals surface area contributed by atoms with Crippen LogP contribution in [0.3, 0.4) is 0 Å². The van der Waals surface area contributed by atoms with Crippen molar-refractivity contribution in [1.29, 1.82) is 0 Å². The molecule has 0 amide bonds. The number of hydrogen-bond acceptors (Lipinski definition) is 5. The first-order valence-corrected chi connectivity index (χ1v) is 9.18. The van der Waals surface area contributed by atoms with Crippen LogP contribution in [0.2, 0.25) is 0 Å². The normalized spacial score (nSPS) is 18.9. The van der Waals surface area contributed by atoms with Crippen LogP contribution < -0.4 is 9.47 Å². The van der Waals surface area contributed by atoms with E-state index < -0.39 is 12.0 Å². The first-order chi connectivity index (χ1) is 12.0. The molecule has 3 rings (SSSR count). The highest BCUT2D eigenvalue weighted by Crippen LogP contribution is 2.42. The van der Waals surface area contributed by atoms with Crippen molar-refractivity contribution < 1.29 is 19.4 Å². The zero-order chi connectivity index (χ0) is 18.0. The lowest BCUT2D eigenvalue weighted by atomic mass is 10.0. The molecule has 2 aromatic rings. The lowest BCUT2D eigenvalue weighted by Gasteiger charge is -2.32. The minimum Gasteiger partial charge on any atom is -0.497 e. The van der Waals surface area contributed by atoms with Gasteiger partial charge in [0.15, 0.2) is 0 Å². The van der Waals surface area contributed by atoms with Crippen LogP contribution in [0.1, 0.15) is 34.9 Å². The van der Waals surface area contributed by atoms with E-state index in [0.717, 1.165) is 34.9 Å². The molecule has 2 unspecified atom stereocenters. The van der Waals surface area contributed by atoms with E-state index in [1.807, 2.05) is 18.2 Å². The Bertz CT molecular complexity index is 758. The van der Waals surface area contributed by atoms with E-state index in [1.165, 1.54) is 5.56 Å². The fourth-order valence-electron chi connectivity index (χ4n) is 3.51. The number of benzene rings is 1. The van der Waals surface area contributed by atoms with E-state index in [0.29, 0.717) is 6.42 Å². The molecule has 6 heteroatoms. The molecule has 25 heavy (non-hydrogen) atoms. The number of methoxy groups -OCH3 is 2. The average molecular weight is 361 g/mol. The quantitative estimate of drug-likeness (QED) is 0.850. The Balaban J connectivity index is 2.13. The summed E-state index contributed by atoms with van der Waals surface area (Å²) in [6, 6.07) is 7.18. The largest absolute Gasteiger partial charge is 0.497 e. The first kappa shape index (κ1) is 17.8. The van der Waals surface area contributed by atoms with Crippen molar-refractivity contribution >= 4 is 17.3 Å². The number of hydrogen-bond donors (Lipinski definition) is 1. The van der Waals surface area contributed by atoms with Gasteiger partial charge in [0.25, 0.3) is 0 Å². The number of aliphatic carboxylic acids is 1. The molecule has 0 saturated carbocycles. The molecular weight excluding hydrogens is 338 g/mol. The number of likely N-dealkylation sites (tertiary alicyclic amines) is 1. The maximum atomic E-state index is 11.8. The van der Waals surface area contributed by atoms with Gasteiger partial charge < -0.3 is 14.6 Å². The van der Waals surface area contributed by atoms with Crippen LogP contribution in [0.15, 0.2) is 29.6 Å². The second-order valence-electron chi connectivity index (χ2n) is 6.27. The van der Waals surface area contributed by atoms with Gasteiger partial charge in [-0.15, -0.1) is 11.3 Å². The Labute approximate surface area is 151 Å². The van der Waals surface area contributed by atoms with E-state index in [2.05, 4.69) is 23.3 Å². The van der Waals surface area contributed by atoms with Crippen LogP contribution in [-0.2, 0) is 4.79 Å². The highest BCUT2D eigenvalue weighted by Gasteiger charge is 2.38. The second kappa shape index (κ2) is 7.45. The Hall–Kier alpha value is -2.05. The van der Waals surface area contributed by atoms with Gasteiger partial charge in [0.05, 0.1) is 20.3 Å². The van der Waals surface area contributed by atoms with Gasteiger partial charge in [-0.25, -0.2) is 0 Å². The molecule has 134 valence electrons.